The van der Waals surface area contributed by atoms with Gasteiger partial charge in [-0.05, 0) is 61.1 Å². The zero-order valence-corrected chi connectivity index (χ0v) is 26.2. The van der Waals surface area contributed by atoms with Crippen molar-refractivity contribution >= 4 is 28.0 Å². The molecule has 2 fully saturated rings. The maximum absolute atomic E-state index is 14.3. The number of fused-ring (bicyclic) bond motifs is 2. The van der Waals surface area contributed by atoms with Crippen LogP contribution in [0.1, 0.15) is 29.6 Å². The Bertz CT molecular complexity index is 2200. The van der Waals surface area contributed by atoms with Crippen molar-refractivity contribution in [1.82, 2.24) is 34.0 Å². The number of aromatic nitrogens is 6. The third-order valence-electron chi connectivity index (χ3n) is 9.32. The molecule has 6 aromatic rings. The average molecular weight is 635 g/mol. The number of imidazole rings is 2. The maximum atomic E-state index is 14.3. The number of carbonyl (C=O) groups is 1. The van der Waals surface area contributed by atoms with Gasteiger partial charge in [0, 0.05) is 48.9 Å². The molecule has 1 saturated heterocycles. The van der Waals surface area contributed by atoms with Crippen molar-refractivity contribution in [2.45, 2.75) is 38.0 Å². The first-order chi connectivity index (χ1) is 22.7. The second kappa shape index (κ2) is 11.2. The van der Waals surface area contributed by atoms with E-state index >= 15 is 0 Å². The number of likely N-dealkylation sites (tertiary alicyclic amines) is 1. The Hall–Kier alpha value is -5.23. The van der Waals surface area contributed by atoms with Crippen molar-refractivity contribution in [3.05, 3.63) is 76.8 Å². The molecule has 2 aromatic carbocycles. The molecule has 0 bridgehead atoms. The Kier molecular flexibility index (Phi) is 6.98. The maximum Gasteiger partial charge on any atom is 0.323 e. The molecule has 4 aromatic heterocycles. The SMILES string of the molecule is COc1cc(C(=O)N2C[C@H](N)C[C@@H](F)C2)cc2nc(-c3cc4ccc(-c5ccc(-c6c[nH]c(=O)[nH]6)cc5)nc4n3CC3CC3)n(C)c12. The van der Waals surface area contributed by atoms with Crippen LogP contribution in [0.3, 0.4) is 0 Å². The van der Waals surface area contributed by atoms with Crippen molar-refractivity contribution in [2.24, 2.45) is 18.7 Å². The Balaban J connectivity index is 1.20. The lowest BCUT2D eigenvalue weighted by Crippen LogP contribution is -2.50. The molecule has 47 heavy (non-hydrogen) atoms. The minimum atomic E-state index is -1.15. The third-order valence-corrected chi connectivity index (χ3v) is 9.32. The first kappa shape index (κ1) is 29.2. The summed E-state index contributed by atoms with van der Waals surface area (Å²) in [6, 6.07) is 17.2. The van der Waals surface area contributed by atoms with Crippen molar-refractivity contribution in [3.8, 4) is 39.8 Å². The molecule has 0 radical (unpaired) electrons. The number of ether oxygens (including phenoxy) is 1. The molecule has 1 aliphatic carbocycles. The van der Waals surface area contributed by atoms with Gasteiger partial charge in [0.25, 0.3) is 5.91 Å². The predicted molar refractivity (Wildman–Crippen MR) is 178 cm³/mol. The normalized spacial score (nSPS) is 18.3. The minimum Gasteiger partial charge on any atom is -0.494 e. The first-order valence-electron chi connectivity index (χ1n) is 15.9. The highest BCUT2D eigenvalue weighted by molar-refractivity contribution is 6.00. The number of nitrogens with two attached hydrogens (primary N) is 1. The molecule has 8 rings (SSSR count). The molecule has 4 N–H and O–H groups in total. The van der Waals surface area contributed by atoms with Gasteiger partial charge in [-0.3, -0.25) is 4.79 Å². The fraction of sp³-hybridized carbons (Fsp3) is 0.314. The highest BCUT2D eigenvalue weighted by Gasteiger charge is 2.30. The number of hydrogen-bond donors (Lipinski definition) is 3. The molecule has 11 nitrogen and oxygen atoms in total. The van der Waals surface area contributed by atoms with E-state index < -0.39 is 12.2 Å². The van der Waals surface area contributed by atoms with E-state index in [1.165, 1.54) is 17.7 Å². The summed E-state index contributed by atoms with van der Waals surface area (Å²) in [5, 5.41) is 1.00. The number of piperidine rings is 1. The van der Waals surface area contributed by atoms with Gasteiger partial charge >= 0.3 is 5.69 Å². The molecule has 1 amide bonds. The van der Waals surface area contributed by atoms with Crippen LogP contribution in [0, 0.1) is 5.92 Å². The van der Waals surface area contributed by atoms with Crippen LogP contribution >= 0.6 is 0 Å². The molecule has 1 saturated carbocycles. The van der Waals surface area contributed by atoms with E-state index in [1.54, 1.807) is 25.4 Å². The quantitative estimate of drug-likeness (QED) is 0.229. The van der Waals surface area contributed by atoms with E-state index in [9.17, 15) is 14.0 Å². The number of hydrogen-bond acceptors (Lipinski definition) is 6. The fourth-order valence-corrected chi connectivity index (χ4v) is 6.77. The number of carbonyl (C=O) groups excluding carboxylic acids is 1. The summed E-state index contributed by atoms with van der Waals surface area (Å²) >= 11 is 0. The van der Waals surface area contributed by atoms with Gasteiger partial charge in [-0.15, -0.1) is 0 Å². The third kappa shape index (κ3) is 5.28. The van der Waals surface area contributed by atoms with Gasteiger partial charge in [-0.2, -0.15) is 0 Å². The molecule has 0 spiro atoms. The Labute approximate surface area is 269 Å². The van der Waals surface area contributed by atoms with Gasteiger partial charge in [0.2, 0.25) is 0 Å². The second-order valence-corrected chi connectivity index (χ2v) is 12.8. The zero-order chi connectivity index (χ0) is 32.4. The number of nitrogens with one attached hydrogen (secondary N) is 2. The van der Waals surface area contributed by atoms with Crippen LogP contribution in [0.15, 0.2) is 65.6 Å². The number of amides is 1. The number of alkyl halides is 1. The van der Waals surface area contributed by atoms with Crippen LogP contribution in [0.25, 0.3) is 56.1 Å². The topological polar surface area (TPSA) is 140 Å². The van der Waals surface area contributed by atoms with Crippen LogP contribution in [0.2, 0.25) is 0 Å². The number of aromatic amines is 2. The van der Waals surface area contributed by atoms with Crippen LogP contribution in [0.5, 0.6) is 5.75 Å². The lowest BCUT2D eigenvalue weighted by atomic mass is 10.0. The Morgan fingerprint density at radius 3 is 2.55 bits per heavy atom. The summed E-state index contributed by atoms with van der Waals surface area (Å²) in [6.07, 6.45) is 3.11. The van der Waals surface area contributed by atoms with Gasteiger partial charge in [0.05, 0.1) is 36.3 Å². The summed E-state index contributed by atoms with van der Waals surface area (Å²) in [6.45, 7) is 1.15. The van der Waals surface area contributed by atoms with Gasteiger partial charge in [0.1, 0.15) is 23.1 Å². The number of halogens is 1. The molecule has 0 unspecified atom stereocenters. The number of rotatable bonds is 7. The van der Waals surface area contributed by atoms with Gasteiger partial charge in [-0.1, -0.05) is 24.3 Å². The minimum absolute atomic E-state index is 0.0224. The molecule has 240 valence electrons. The van der Waals surface area contributed by atoms with Gasteiger partial charge in [-0.25, -0.2) is 19.2 Å². The first-order valence-corrected chi connectivity index (χ1v) is 15.9. The van der Waals surface area contributed by atoms with E-state index in [1.807, 2.05) is 41.9 Å². The van der Waals surface area contributed by atoms with Crippen LogP contribution < -0.4 is 16.2 Å². The van der Waals surface area contributed by atoms with Crippen molar-refractivity contribution in [2.75, 3.05) is 20.2 Å². The zero-order valence-electron chi connectivity index (χ0n) is 26.2. The molecule has 2 aliphatic rings. The van der Waals surface area contributed by atoms with Gasteiger partial charge < -0.3 is 34.5 Å². The van der Waals surface area contributed by atoms with Gasteiger partial charge in [0.15, 0.2) is 5.82 Å². The lowest BCUT2D eigenvalue weighted by Gasteiger charge is -2.33. The van der Waals surface area contributed by atoms with Crippen molar-refractivity contribution < 1.29 is 13.9 Å². The predicted octanol–water partition coefficient (Wildman–Crippen LogP) is 4.87. The number of benzene rings is 2. The van der Waals surface area contributed by atoms with E-state index in [0.717, 1.165) is 57.1 Å². The Morgan fingerprint density at radius 1 is 1.06 bits per heavy atom. The largest absolute Gasteiger partial charge is 0.494 e. The number of methoxy groups -OCH3 is 1. The highest BCUT2D eigenvalue weighted by Crippen LogP contribution is 2.38. The smallest absolute Gasteiger partial charge is 0.323 e. The monoisotopic (exact) mass is 634 g/mol. The summed E-state index contributed by atoms with van der Waals surface area (Å²) < 4.78 is 24.3. The van der Waals surface area contributed by atoms with Crippen LogP contribution in [-0.4, -0.2) is 72.3 Å². The van der Waals surface area contributed by atoms with E-state index in [4.69, 9.17) is 20.4 Å². The van der Waals surface area contributed by atoms with E-state index in [2.05, 4.69) is 26.7 Å². The summed E-state index contributed by atoms with van der Waals surface area (Å²) in [5.41, 5.74) is 12.8. The van der Waals surface area contributed by atoms with Crippen LogP contribution in [-0.2, 0) is 13.6 Å². The van der Waals surface area contributed by atoms with E-state index in [-0.39, 0.29) is 24.6 Å². The standard InChI is InChI=1S/C35H35FN8O3/c1-42-31-27(11-23(13-30(31)47-2)34(45)43-17-24(36)14-25(37)18-43)40-33(42)29-12-22-9-10-26(39-32(22)44(29)16-19-3-4-19)20-5-7-21(8-6-20)28-15-38-35(46)41-28/h5-13,15,19,24-25H,3-4,14,16-18,37H2,1-2H3,(H2,38,41,46)/t24-,25-/m1/s1. The van der Waals surface area contributed by atoms with Crippen LogP contribution in [0.4, 0.5) is 4.39 Å². The summed E-state index contributed by atoms with van der Waals surface area (Å²) in [5.74, 6) is 1.53. The summed E-state index contributed by atoms with van der Waals surface area (Å²) in [4.78, 5) is 42.2. The van der Waals surface area contributed by atoms with E-state index in [0.29, 0.717) is 29.3 Å². The molecule has 1 aliphatic heterocycles. The fourth-order valence-electron chi connectivity index (χ4n) is 6.77. The second-order valence-electron chi connectivity index (χ2n) is 12.8. The van der Waals surface area contributed by atoms with Crippen molar-refractivity contribution in [3.63, 3.8) is 0 Å². The molecule has 2 atom stereocenters. The highest BCUT2D eigenvalue weighted by atomic mass is 19.1. The number of aryl methyl sites for hydroxylation is 1. The van der Waals surface area contributed by atoms with Crippen molar-refractivity contribution in [1.29, 1.82) is 0 Å². The number of nitrogens with zero attached hydrogens (tertiary/aromatic N) is 5. The Morgan fingerprint density at radius 2 is 1.85 bits per heavy atom. The lowest BCUT2D eigenvalue weighted by molar-refractivity contribution is 0.0606. The molecular formula is C35H35FN8O3. The number of pyridine rings is 1. The summed E-state index contributed by atoms with van der Waals surface area (Å²) in [7, 11) is 3.52. The molecule has 12 heteroatoms. The molecular weight excluding hydrogens is 599 g/mol. The molecule has 5 heterocycles. The number of H-pyrrole nitrogens is 2. The average Bonchev–Trinajstić information content (AvgIpc) is 3.53.